The molecule has 7 aliphatic rings. The third-order valence-electron chi connectivity index (χ3n) is 20.3. The van der Waals surface area contributed by atoms with Crippen LogP contribution >= 0.6 is 56.7 Å². The molecule has 0 spiro atoms. The molecule has 1 heterocycles. The van der Waals surface area contributed by atoms with Gasteiger partial charge < -0.3 is 79.5 Å². The van der Waals surface area contributed by atoms with Crippen LogP contribution in [-0.2, 0) is 100 Å². The van der Waals surface area contributed by atoms with Crippen LogP contribution in [0.1, 0.15) is 164 Å². The SMILES string of the molecule is BrC/C=C/CBr.C1CCOC1.C=CC1CC1(N)C(=O)OCC.C=CC1CC1(N=C(c1ccccc1)c1ccccc1)C(=O)OCC.C=CC1CC1(NC(=O)OC(C)(C)C)C(=O)OC.C=CC1CC1(NC(=O)OC(C)(C)C)C(=O)OCC.C=C[C@@H]1C[C@]1(N)C(=O)OC.C=C[C@@H]1C[C@]1(NC(=O)OC(C)(C)C)C(=O)OC.CCOC(=O)CN=C(c1ccccc1)c1ccccc1.C[B]OOCB=O.Cl.Cl. The van der Waals surface area contributed by atoms with E-state index in [4.69, 9.17) is 54.4 Å². The number of benzene rings is 4. The molecule has 4 aromatic carbocycles. The first-order valence-electron chi connectivity index (χ1n) is 44.4. The number of alkyl halides is 2. The second kappa shape index (κ2) is 63.4. The van der Waals surface area contributed by atoms with Crippen molar-refractivity contribution in [1.82, 2.24) is 16.0 Å². The van der Waals surface area contributed by atoms with Crippen molar-refractivity contribution in [3.05, 3.63) is 232 Å². The van der Waals surface area contributed by atoms with Gasteiger partial charge in [0.15, 0.2) is 5.54 Å². The van der Waals surface area contributed by atoms with E-state index in [1.54, 1.807) is 126 Å². The molecule has 6 aliphatic carbocycles. The van der Waals surface area contributed by atoms with Crippen LogP contribution in [0.4, 0.5) is 14.4 Å². The zero-order chi connectivity index (χ0) is 102. The first kappa shape index (κ1) is 127. The van der Waals surface area contributed by atoms with Crippen LogP contribution in [0.2, 0.25) is 6.82 Å². The van der Waals surface area contributed by atoms with E-state index in [2.05, 4.69) is 128 Å². The summed E-state index contributed by atoms with van der Waals surface area (Å²) < 4.78 is 63.6. The number of amides is 3. The Morgan fingerprint density at radius 2 is 0.759 bits per heavy atom. The minimum Gasteiger partial charge on any atom is -0.147 e. The molecule has 11 rings (SSSR count). The van der Waals surface area contributed by atoms with Crippen LogP contribution in [0.15, 0.2) is 219 Å². The van der Waals surface area contributed by atoms with E-state index < -0.39 is 86.2 Å². The van der Waals surface area contributed by atoms with Gasteiger partial charge in [-0.05, 0) is 141 Å². The molecule has 0 bridgehead atoms. The molecule has 8 unspecified atom stereocenters. The predicted octanol–water partition coefficient (Wildman–Crippen LogP) is 16.5. The van der Waals surface area contributed by atoms with E-state index in [9.17, 15) is 52.7 Å². The van der Waals surface area contributed by atoms with E-state index in [0.717, 1.165) is 57.6 Å². The zero-order valence-electron chi connectivity index (χ0n) is 82.2. The van der Waals surface area contributed by atoms with Crippen molar-refractivity contribution in [1.29, 1.82) is 0 Å². The standard InChI is InChI=1S/C21H21NO2.C17H17NO2.C13H21NO4.2C12H19NO4.C8H13NO2.C7H11NO2.C4H6Br2.C4H8O.C2H5B2O3.2ClH/c1-3-18-15-21(18,20(23)24-4-2)22-19(16-11-7-5-8-12-16)17-13-9-6-10-14-17;1-2-20-16(19)13-18-17(14-9-5-3-6-10-14)15-11-7-4-8-12-15;1-6-9-8-13(9,10(15)17-7-2)14-11(16)18-12(3,4)5;2*1-6-8-7-12(8,9(14)16-5)13-10(15)17-11(2,3)4;1-3-6-5-8(6,9)7(10)11-4-2;1-3-5-4-7(5,8)6(9)10-2;5-3-1-2-4-6;1-2-4-5-3-1;1-3-7-6-2-4-5;;/h3,5-14,18H,1,4,15H2,2H3;3-12H,2,13H2,1H3;6,9H,1,7-8H2,2-5H3,(H,14,16);2*6,8H,1,7H2,2-5H3,(H,13,15);3,6H,1,4-5,9H2,2H3;3,5H,1,4,8H2,2H3;1-2H,3-4H2;1-4H2;2H2,1H3;2*1H/b;;;;;;;2-1+;;;;/t;;;8-,12-;;;5-,7-;;;;;/m...1..1...../s1. The molecular formula is C100H142B2Br2Cl2N7O24. The fourth-order valence-electron chi connectivity index (χ4n) is 12.8. The first-order valence-corrected chi connectivity index (χ1v) is 46.6. The topological polar surface area (TPSA) is 421 Å². The van der Waals surface area contributed by atoms with Crippen molar-refractivity contribution in [3.8, 4) is 0 Å². The fourth-order valence-corrected chi connectivity index (χ4v) is 13.3. The number of carbonyl (C=O) groups is 10. The Bertz CT molecular complexity index is 4420. The minimum atomic E-state index is -0.987. The molecule has 12 atom stereocenters. The van der Waals surface area contributed by atoms with Crippen molar-refractivity contribution in [2.24, 2.45) is 57.0 Å². The molecule has 1 saturated heterocycles. The maximum atomic E-state index is 12.5. The molecule has 37 heteroatoms. The van der Waals surface area contributed by atoms with E-state index in [-0.39, 0.29) is 104 Å². The molecular weight excluding hydrogens is 1940 g/mol. The Morgan fingerprint density at radius 3 is 1.02 bits per heavy atom. The number of alkyl carbamates (subject to hydrolysis) is 3. The van der Waals surface area contributed by atoms with E-state index in [1.165, 1.54) is 41.7 Å². The Morgan fingerprint density at radius 1 is 0.445 bits per heavy atom. The van der Waals surface area contributed by atoms with Crippen molar-refractivity contribution < 1.29 is 114 Å². The summed E-state index contributed by atoms with van der Waals surface area (Å²) in [5.41, 5.74) is 9.77. The summed E-state index contributed by atoms with van der Waals surface area (Å²) in [4.78, 5) is 134. The van der Waals surface area contributed by atoms with Gasteiger partial charge in [-0.1, -0.05) is 202 Å². The summed E-state index contributed by atoms with van der Waals surface area (Å²) in [7, 11) is 5.89. The molecule has 1 radical (unpaired) electrons. The fraction of sp³-hybridized carbons (Fsp3) is 0.500. The largest absolute Gasteiger partial charge is 0.147 e. The Balaban J connectivity index is 0.00000154. The van der Waals surface area contributed by atoms with Crippen molar-refractivity contribution in [2.45, 2.75) is 198 Å². The minimum absolute atomic E-state index is 0. The molecule has 7 fully saturated rings. The van der Waals surface area contributed by atoms with Gasteiger partial charge in [-0.3, -0.25) is 24.4 Å². The Kier molecular flexibility index (Phi) is 58.6. The summed E-state index contributed by atoms with van der Waals surface area (Å²) >= 11 is 6.49. The number of rotatable bonds is 32. The number of hydrogen-bond donors (Lipinski definition) is 5. The van der Waals surface area contributed by atoms with Crippen LogP contribution < -0.4 is 27.4 Å². The predicted molar refractivity (Wildman–Crippen MR) is 544 cm³/mol. The molecule has 137 heavy (non-hydrogen) atoms. The van der Waals surface area contributed by atoms with Gasteiger partial charge in [0, 0.05) is 81.6 Å². The average molecular weight is 2080 g/mol. The van der Waals surface area contributed by atoms with Gasteiger partial charge in [0.25, 0.3) is 0 Å². The number of nitrogens with one attached hydrogen (secondary N) is 3. The van der Waals surface area contributed by atoms with Gasteiger partial charge >= 0.3 is 102 Å². The normalized spacial score (nSPS) is 22.5. The number of carbonyl (C=O) groups excluding carboxylic acids is 10. The first-order chi connectivity index (χ1) is 63.9. The van der Waals surface area contributed by atoms with E-state index in [1.807, 2.05) is 128 Å². The molecule has 3 amide bonds. The Labute approximate surface area is 839 Å². The summed E-state index contributed by atoms with van der Waals surface area (Å²) in [5, 5.41) is 9.65. The number of ether oxygens (including phenoxy) is 11. The van der Waals surface area contributed by atoms with Gasteiger partial charge in [-0.25, -0.2) is 33.6 Å². The van der Waals surface area contributed by atoms with Crippen LogP contribution in [0.25, 0.3) is 0 Å². The van der Waals surface area contributed by atoms with Gasteiger partial charge in [0.1, 0.15) is 51.0 Å². The number of nitrogens with two attached hydrogens (primary N) is 2. The summed E-state index contributed by atoms with van der Waals surface area (Å²) in [6, 6.07) is 39.5. The second-order valence-corrected chi connectivity index (χ2v) is 35.3. The average Bonchev–Trinajstić information content (AvgIpc) is 1.59. The van der Waals surface area contributed by atoms with Crippen LogP contribution in [0, 0.1) is 35.5 Å². The zero-order valence-corrected chi connectivity index (χ0v) is 87.0. The summed E-state index contributed by atoms with van der Waals surface area (Å²) in [6.07, 6.45) is 18.4. The summed E-state index contributed by atoms with van der Waals surface area (Å²) in [5.74, 6) is -2.60. The number of nitrogens with zero attached hydrogens (tertiary/aromatic N) is 2. The maximum Gasteiger partial charge on any atom is -0.147 e. The third-order valence-corrected chi connectivity index (χ3v) is 21.0. The van der Waals surface area contributed by atoms with Crippen molar-refractivity contribution in [3.63, 3.8) is 0 Å². The smallest absolute Gasteiger partial charge is 0.147 e. The summed E-state index contributed by atoms with van der Waals surface area (Å²) in [6.45, 7) is 49.9. The van der Waals surface area contributed by atoms with Crippen LogP contribution in [-0.4, -0.2) is 221 Å². The number of aliphatic imine (C=N–C) groups is 2. The number of hydrogen-bond acceptors (Lipinski definition) is 28. The van der Waals surface area contributed by atoms with Gasteiger partial charge in [-0.15, -0.1) is 64.3 Å². The quantitative estimate of drug-likeness (QED) is 0.00349. The van der Waals surface area contributed by atoms with E-state index >= 15 is 0 Å². The number of esters is 7. The molecule has 6 saturated carbocycles. The monoisotopic (exact) mass is 2070 g/mol. The molecule has 31 nitrogen and oxygen atoms in total. The molecule has 0 aromatic heterocycles. The van der Waals surface area contributed by atoms with Crippen molar-refractivity contribution in [2.75, 3.05) is 84.7 Å². The van der Waals surface area contributed by atoms with E-state index in [0.29, 0.717) is 65.5 Å². The maximum absolute atomic E-state index is 12.5. The van der Waals surface area contributed by atoms with Gasteiger partial charge in [-0.2, -0.15) is 0 Å². The molecule has 755 valence electrons. The van der Waals surface area contributed by atoms with Gasteiger partial charge in [0.05, 0.1) is 59.2 Å². The number of allylic oxidation sites excluding steroid dienone is 2. The van der Waals surface area contributed by atoms with Gasteiger partial charge in [0.2, 0.25) is 0 Å². The van der Waals surface area contributed by atoms with Crippen molar-refractivity contribution >= 4 is 143 Å². The Hall–Kier alpha value is -10.2. The molecule has 1 aliphatic heterocycles. The molecule has 7 N–H and O–H groups in total. The van der Waals surface area contributed by atoms with Crippen LogP contribution in [0.5, 0.6) is 0 Å². The number of methoxy groups -OCH3 is 3. The molecule has 4 aromatic rings. The number of halogens is 4. The van der Waals surface area contributed by atoms with Crippen LogP contribution in [0.3, 0.4) is 0 Å². The second-order valence-electron chi connectivity index (χ2n) is 34.0. The third kappa shape index (κ3) is 43.8.